The highest BCUT2D eigenvalue weighted by atomic mass is 35.5. The van der Waals surface area contributed by atoms with E-state index in [4.69, 9.17) is 21.1 Å². The minimum absolute atomic E-state index is 0.0952. The fourth-order valence-electron chi connectivity index (χ4n) is 4.03. The summed E-state index contributed by atoms with van der Waals surface area (Å²) in [5.74, 6) is -0.291. The van der Waals surface area contributed by atoms with Gasteiger partial charge in [0.25, 0.3) is 0 Å². The SMILES string of the molecule is CCC(C)(C)C(=O)OCc1cc(-n2nc3ccc(Cl)cc3n2)c(O)c(C(C)(C)C)c1.CCC(C)(C)C(=O)OCc1ccccc1. The molecule has 0 fully saturated rings. The van der Waals surface area contributed by atoms with Gasteiger partial charge in [0.1, 0.15) is 35.7 Å². The van der Waals surface area contributed by atoms with E-state index in [2.05, 4.69) is 10.2 Å². The number of aromatic hydroxyl groups is 1. The van der Waals surface area contributed by atoms with Crippen LogP contribution >= 0.6 is 11.6 Å². The van der Waals surface area contributed by atoms with Crippen molar-refractivity contribution in [3.05, 3.63) is 82.4 Å². The number of ether oxygens (including phenoxy) is 2. The first-order valence-electron chi connectivity index (χ1n) is 15.3. The highest BCUT2D eigenvalue weighted by Crippen LogP contribution is 2.37. The average molecular weight is 636 g/mol. The molecule has 0 aliphatic rings. The van der Waals surface area contributed by atoms with Crippen LogP contribution in [0.4, 0.5) is 0 Å². The van der Waals surface area contributed by atoms with Crippen molar-refractivity contribution in [2.24, 2.45) is 10.8 Å². The number of halogens is 1. The lowest BCUT2D eigenvalue weighted by Gasteiger charge is -2.24. The zero-order valence-electron chi connectivity index (χ0n) is 27.9. The predicted molar refractivity (Wildman–Crippen MR) is 178 cm³/mol. The first-order valence-corrected chi connectivity index (χ1v) is 15.6. The van der Waals surface area contributed by atoms with Crippen molar-refractivity contribution < 1.29 is 24.2 Å². The summed E-state index contributed by atoms with van der Waals surface area (Å²) in [6.07, 6.45) is 1.48. The Balaban J connectivity index is 0.000000309. The molecule has 0 bridgehead atoms. The molecule has 0 aliphatic heterocycles. The van der Waals surface area contributed by atoms with Crippen LogP contribution in [0.1, 0.15) is 91.8 Å². The van der Waals surface area contributed by atoms with Crippen LogP contribution in [0.15, 0.2) is 60.7 Å². The Bertz CT molecular complexity index is 1620. The monoisotopic (exact) mass is 635 g/mol. The fourth-order valence-corrected chi connectivity index (χ4v) is 4.20. The Hall–Kier alpha value is -3.91. The summed E-state index contributed by atoms with van der Waals surface area (Å²) in [5, 5.41) is 20.5. The summed E-state index contributed by atoms with van der Waals surface area (Å²) in [6.45, 7) is 18.0. The number of fused-ring (bicyclic) bond motifs is 1. The number of rotatable bonds is 9. The summed E-state index contributed by atoms with van der Waals surface area (Å²) in [4.78, 5) is 25.5. The molecule has 1 aromatic heterocycles. The topological polar surface area (TPSA) is 104 Å². The first kappa shape index (κ1) is 35.6. The maximum absolute atomic E-state index is 12.4. The minimum atomic E-state index is -0.548. The van der Waals surface area contributed by atoms with Gasteiger partial charge in [-0.05, 0) is 87.4 Å². The van der Waals surface area contributed by atoms with Crippen LogP contribution in [-0.4, -0.2) is 32.0 Å². The molecule has 0 spiro atoms. The maximum Gasteiger partial charge on any atom is 0.311 e. The second-order valence-corrected chi connectivity index (χ2v) is 13.9. The van der Waals surface area contributed by atoms with Crippen LogP contribution in [0.3, 0.4) is 0 Å². The van der Waals surface area contributed by atoms with Gasteiger partial charge in [-0.1, -0.05) is 76.6 Å². The molecule has 4 rings (SSSR count). The van der Waals surface area contributed by atoms with E-state index < -0.39 is 5.41 Å². The van der Waals surface area contributed by atoms with Gasteiger partial charge in [0.2, 0.25) is 0 Å². The Labute approximate surface area is 271 Å². The van der Waals surface area contributed by atoms with Gasteiger partial charge in [0.15, 0.2) is 0 Å². The Kier molecular flexibility index (Phi) is 11.4. The largest absolute Gasteiger partial charge is 0.505 e. The van der Waals surface area contributed by atoms with Gasteiger partial charge >= 0.3 is 11.9 Å². The van der Waals surface area contributed by atoms with E-state index in [0.717, 1.165) is 23.1 Å². The zero-order chi connectivity index (χ0) is 33.6. The number of phenolic OH excluding ortho intramolecular Hbond substituents is 1. The molecule has 0 saturated carbocycles. The van der Waals surface area contributed by atoms with Crippen molar-refractivity contribution in [1.29, 1.82) is 0 Å². The second-order valence-electron chi connectivity index (χ2n) is 13.5. The van der Waals surface area contributed by atoms with Crippen LogP contribution in [0.5, 0.6) is 5.75 Å². The van der Waals surface area contributed by atoms with Crippen LogP contribution in [0, 0.1) is 10.8 Å². The van der Waals surface area contributed by atoms with Crippen LogP contribution in [0.25, 0.3) is 16.7 Å². The Morgan fingerprint density at radius 2 is 1.29 bits per heavy atom. The lowest BCUT2D eigenvalue weighted by Crippen LogP contribution is -2.25. The standard InChI is InChI=1S/C23H28ClN3O3.C13H18O2/c1-7-23(5,6)21(29)30-13-14-10-16(22(2,3)4)20(28)19(11-14)27-25-17-9-8-15(24)12-18(17)26-27;1-4-13(2,3)12(14)15-10-11-8-6-5-7-9-11/h8-12,28H,7,13H2,1-6H3;5-9H,4,10H2,1-3H3. The number of hydrogen-bond acceptors (Lipinski definition) is 7. The third-order valence-corrected chi connectivity index (χ3v) is 8.21. The molecule has 0 amide bonds. The molecule has 8 nitrogen and oxygen atoms in total. The molecular weight excluding hydrogens is 590 g/mol. The molecule has 0 saturated heterocycles. The van der Waals surface area contributed by atoms with Crippen molar-refractivity contribution in [2.75, 3.05) is 0 Å². The van der Waals surface area contributed by atoms with E-state index in [1.54, 1.807) is 24.3 Å². The molecule has 9 heteroatoms. The molecule has 0 atom stereocenters. The van der Waals surface area contributed by atoms with Gasteiger partial charge in [-0.2, -0.15) is 0 Å². The van der Waals surface area contributed by atoms with Gasteiger partial charge in [-0.15, -0.1) is 15.0 Å². The number of aromatic nitrogens is 3. The molecular formula is C36H46ClN3O5. The van der Waals surface area contributed by atoms with Crippen molar-refractivity contribution in [3.63, 3.8) is 0 Å². The van der Waals surface area contributed by atoms with E-state index in [1.807, 2.05) is 98.7 Å². The molecule has 1 heterocycles. The van der Waals surface area contributed by atoms with Gasteiger partial charge in [-0.25, -0.2) is 0 Å². The number of benzene rings is 3. The van der Waals surface area contributed by atoms with E-state index in [-0.39, 0.29) is 35.1 Å². The molecule has 1 N–H and O–H groups in total. The summed E-state index contributed by atoms with van der Waals surface area (Å²) in [6, 6.07) is 18.6. The number of carbonyl (C=O) groups is 2. The summed E-state index contributed by atoms with van der Waals surface area (Å²) >= 11 is 6.06. The lowest BCUT2D eigenvalue weighted by molar-refractivity contribution is -0.156. The van der Waals surface area contributed by atoms with Crippen LogP contribution in [-0.2, 0) is 37.7 Å². The van der Waals surface area contributed by atoms with Crippen molar-refractivity contribution >= 4 is 34.6 Å². The van der Waals surface area contributed by atoms with E-state index in [9.17, 15) is 14.7 Å². The predicted octanol–water partition coefficient (Wildman–Crippen LogP) is 8.72. The third kappa shape index (κ3) is 9.30. The quantitative estimate of drug-likeness (QED) is 0.183. The third-order valence-electron chi connectivity index (χ3n) is 7.97. The van der Waals surface area contributed by atoms with Gasteiger partial charge in [0, 0.05) is 10.6 Å². The number of phenols is 1. The zero-order valence-corrected chi connectivity index (χ0v) is 28.7. The first-order chi connectivity index (χ1) is 21.0. The van der Waals surface area contributed by atoms with Gasteiger partial charge < -0.3 is 14.6 Å². The molecule has 3 aromatic carbocycles. The van der Waals surface area contributed by atoms with Crippen LogP contribution in [0.2, 0.25) is 5.02 Å². The Morgan fingerprint density at radius 1 is 0.756 bits per heavy atom. The van der Waals surface area contributed by atoms with E-state index in [1.165, 1.54) is 4.80 Å². The molecule has 4 aromatic rings. The average Bonchev–Trinajstić information content (AvgIpc) is 3.42. The molecule has 0 aliphatic carbocycles. The van der Waals surface area contributed by atoms with E-state index >= 15 is 0 Å². The lowest BCUT2D eigenvalue weighted by atomic mass is 9.85. The number of hydrogen-bond donors (Lipinski definition) is 1. The number of esters is 2. The van der Waals surface area contributed by atoms with Gasteiger partial charge in [-0.3, -0.25) is 9.59 Å². The molecule has 0 unspecified atom stereocenters. The number of nitrogens with zero attached hydrogens (tertiary/aromatic N) is 3. The smallest absolute Gasteiger partial charge is 0.311 e. The normalized spacial score (nSPS) is 12.0. The van der Waals surface area contributed by atoms with Crippen molar-refractivity contribution in [2.45, 2.75) is 93.8 Å². The van der Waals surface area contributed by atoms with Crippen molar-refractivity contribution in [3.8, 4) is 11.4 Å². The highest BCUT2D eigenvalue weighted by molar-refractivity contribution is 6.31. The molecule has 242 valence electrons. The minimum Gasteiger partial charge on any atom is -0.505 e. The van der Waals surface area contributed by atoms with Crippen molar-refractivity contribution in [1.82, 2.24) is 15.0 Å². The molecule has 0 radical (unpaired) electrons. The van der Waals surface area contributed by atoms with Crippen LogP contribution < -0.4 is 0 Å². The summed E-state index contributed by atoms with van der Waals surface area (Å²) in [7, 11) is 0. The second kappa shape index (κ2) is 14.5. The van der Waals surface area contributed by atoms with Gasteiger partial charge in [0.05, 0.1) is 10.8 Å². The summed E-state index contributed by atoms with van der Waals surface area (Å²) < 4.78 is 10.8. The highest BCUT2D eigenvalue weighted by Gasteiger charge is 2.29. The maximum atomic E-state index is 12.4. The Morgan fingerprint density at radius 3 is 1.82 bits per heavy atom. The summed E-state index contributed by atoms with van der Waals surface area (Å²) in [5.41, 5.74) is 2.96. The molecule has 45 heavy (non-hydrogen) atoms. The van der Waals surface area contributed by atoms with E-state index in [0.29, 0.717) is 34.8 Å². The fraction of sp³-hybridized carbons (Fsp3) is 0.444. The number of carbonyl (C=O) groups excluding carboxylic acids is 2.